The number of fused-ring (bicyclic) bond motifs is 4. The number of aliphatic hydroxyl groups excluding tert-OH is 1. The van der Waals surface area contributed by atoms with Gasteiger partial charge < -0.3 is 79.0 Å². The number of ketones is 2. The Morgan fingerprint density at radius 3 is 2.14 bits per heavy atom. The summed E-state index contributed by atoms with van der Waals surface area (Å²) in [4.78, 5) is 108. The average molecular weight is 1300 g/mol. The average Bonchev–Trinajstić information content (AvgIpc) is 1.78. The molecule has 6 aliphatic rings. The molecule has 1 saturated carbocycles. The van der Waals surface area contributed by atoms with Crippen molar-refractivity contribution in [3.8, 4) is 0 Å². The Bertz CT molecular complexity index is 2490. The van der Waals surface area contributed by atoms with Crippen LogP contribution in [0, 0.1) is 29.6 Å². The molecule has 0 unspecified atom stereocenters. The number of nitrogens with one attached hydrogen (secondary N) is 4. The fourth-order valence-electron chi connectivity index (χ4n) is 13.5. The van der Waals surface area contributed by atoms with Crippen LogP contribution in [-0.2, 0) is 76.2 Å². The van der Waals surface area contributed by atoms with E-state index in [2.05, 4.69) is 27.8 Å². The van der Waals surface area contributed by atoms with Crippen LogP contribution in [0.5, 0.6) is 0 Å². The van der Waals surface area contributed by atoms with Crippen molar-refractivity contribution in [1.82, 2.24) is 26.2 Å². The van der Waals surface area contributed by atoms with Crippen LogP contribution >= 0.6 is 11.8 Å². The molecule has 0 radical (unpaired) electrons. The summed E-state index contributed by atoms with van der Waals surface area (Å²) in [6.07, 6.45) is 6.47. The Morgan fingerprint density at radius 2 is 1.47 bits per heavy atom. The number of carbonyl (C=O) groups excluding carboxylic acids is 8. The SMILES string of the molecule is C=CC[C@@H]1/C=C(\C)C[C@H](C)C[C@H](OC)[C@H]2O[C@@](O)(C(=O)C(=O)N3CCCC[C@H]3C(=O)O[C@H](/C(C)=C/[C@@H]3CC[C@@H](OC(=O)CCC(=O)NCCOCCOCCOCCNC(=O)CCCC[C@H]4SC[C@H]5NC(=O)N[C@H]54)[C@H](OC)C3)[C@H](C)[C@@H](O)CC1=O)[C@H](C)C[C@@H]2OC. The summed E-state index contributed by atoms with van der Waals surface area (Å²) in [5, 5.41) is 36.1. The predicted molar refractivity (Wildman–Crippen MR) is 338 cm³/mol. The molecule has 6 rings (SSSR count). The van der Waals surface area contributed by atoms with Gasteiger partial charge in [-0.15, -0.1) is 6.58 Å². The molecule has 24 nitrogen and oxygen atoms in total. The van der Waals surface area contributed by atoms with Crippen molar-refractivity contribution in [2.75, 3.05) is 86.4 Å². The third-order valence-corrected chi connectivity index (χ3v) is 20.2. The highest BCUT2D eigenvalue weighted by Crippen LogP contribution is 2.40. The number of allylic oxidation sites excluding steroid dienone is 4. The van der Waals surface area contributed by atoms with Crippen molar-refractivity contribution in [2.24, 2.45) is 29.6 Å². The van der Waals surface area contributed by atoms with Crippen molar-refractivity contribution in [1.29, 1.82) is 0 Å². The molecule has 2 bridgehead atoms. The maximum atomic E-state index is 14.7. The smallest absolute Gasteiger partial charge is 0.329 e. The molecule has 0 aromatic heterocycles. The fourth-order valence-corrected chi connectivity index (χ4v) is 15.0. The largest absolute Gasteiger partial charge is 0.460 e. The van der Waals surface area contributed by atoms with Crippen molar-refractivity contribution < 1.29 is 91.2 Å². The number of urea groups is 1. The number of amides is 5. The Hall–Kier alpha value is -4.83. The first kappa shape index (κ1) is 75.2. The highest BCUT2D eigenvalue weighted by atomic mass is 32.2. The van der Waals surface area contributed by atoms with Gasteiger partial charge >= 0.3 is 18.0 Å². The highest BCUT2D eigenvalue weighted by Gasteiger charge is 2.57. The normalized spacial score (nSPS) is 33.6. The zero-order valence-corrected chi connectivity index (χ0v) is 55.8. The third-order valence-electron chi connectivity index (χ3n) is 18.6. The standard InChI is InChI=1S/C66H105N5O19S/c1-10-15-46-33-40(2)32-41(3)34-53(83-8)61-54(84-9)36-43(5)66(81,90-61)62(77)63(78)71-25-14-13-16-48(71)64(79)89-60(44(6)49(72)38-50(46)73)42(4)35-45-19-20-51(52(37-45)82-7)88-58(76)22-21-57(75)68-24-27-86-29-31-87-30-28-85-26-23-67-56(74)18-12-11-17-55-59-47(39-91-55)69-65(80)70-59/h10,33,35,41,43-49,51-55,59-61,72,81H,1,11-32,34,36-39H2,2-9H3,(H,67,74)(H,68,75)(H2,69,70,80)/b40-33+,42-35+/t41-,43+,44+,45-,46+,47+,48-,49-,51+,52+,53-,54-,55+,59+,60+,61+,66+/m0/s1. The molecule has 4 saturated heterocycles. The number of esters is 2. The molecule has 25 heteroatoms. The van der Waals surface area contributed by atoms with Crippen molar-refractivity contribution in [3.05, 3.63) is 36.0 Å². The van der Waals surface area contributed by atoms with Gasteiger partial charge in [-0.3, -0.25) is 28.8 Å². The molecule has 91 heavy (non-hydrogen) atoms. The lowest BCUT2D eigenvalue weighted by Crippen LogP contribution is -2.64. The van der Waals surface area contributed by atoms with Gasteiger partial charge in [-0.2, -0.15) is 11.8 Å². The second-order valence-electron chi connectivity index (χ2n) is 25.6. The van der Waals surface area contributed by atoms with Gasteiger partial charge in [0.2, 0.25) is 17.6 Å². The molecule has 0 aromatic rings. The van der Waals surface area contributed by atoms with E-state index in [9.17, 15) is 48.6 Å². The number of carbonyl (C=O) groups is 8. The van der Waals surface area contributed by atoms with Crippen LogP contribution in [0.2, 0.25) is 0 Å². The van der Waals surface area contributed by atoms with E-state index in [-0.39, 0.29) is 99.3 Å². The minimum Gasteiger partial charge on any atom is -0.460 e. The minimum atomic E-state index is -2.57. The Labute approximate surface area is 541 Å². The second-order valence-corrected chi connectivity index (χ2v) is 26.9. The Balaban J connectivity index is 0.952. The topological polar surface area (TPSA) is 311 Å². The molecule has 6 N–H and O–H groups in total. The number of methoxy groups -OCH3 is 3. The Kier molecular flexibility index (Phi) is 31.3. The first-order valence-corrected chi connectivity index (χ1v) is 34.0. The van der Waals surface area contributed by atoms with Gasteiger partial charge in [0.05, 0.1) is 82.6 Å². The quantitative estimate of drug-likeness (QED) is 0.0198. The van der Waals surface area contributed by atoms with Crippen molar-refractivity contribution in [3.63, 3.8) is 0 Å². The van der Waals surface area contributed by atoms with Crippen LogP contribution in [0.1, 0.15) is 144 Å². The molecule has 5 amide bonds. The minimum absolute atomic E-state index is 0.0103. The molecule has 514 valence electrons. The number of unbranched alkanes of at least 4 members (excludes halogenated alkanes) is 1. The number of aliphatic hydroxyl groups is 2. The van der Waals surface area contributed by atoms with Crippen LogP contribution in [0.25, 0.3) is 0 Å². The first-order chi connectivity index (χ1) is 43.6. The van der Waals surface area contributed by atoms with Gasteiger partial charge in [0.25, 0.3) is 11.7 Å². The van der Waals surface area contributed by atoms with Gasteiger partial charge in [-0.25, -0.2) is 9.59 Å². The maximum Gasteiger partial charge on any atom is 0.329 e. The summed E-state index contributed by atoms with van der Waals surface area (Å²) in [5.74, 6) is -8.40. The number of piperidine rings is 1. The summed E-state index contributed by atoms with van der Waals surface area (Å²) in [6, 6.07) is -0.929. The summed E-state index contributed by atoms with van der Waals surface area (Å²) in [6.45, 7) is 15.6. The summed E-state index contributed by atoms with van der Waals surface area (Å²) < 4.78 is 52.9. The van der Waals surface area contributed by atoms with Crippen LogP contribution < -0.4 is 21.3 Å². The third kappa shape index (κ3) is 22.4. The van der Waals surface area contributed by atoms with Gasteiger partial charge in [0.15, 0.2) is 0 Å². The number of hydrogen-bond acceptors (Lipinski definition) is 20. The molecule has 5 fully saturated rings. The number of ether oxygens (including phenoxy) is 9. The van der Waals surface area contributed by atoms with Gasteiger partial charge in [-0.05, 0) is 108 Å². The van der Waals surface area contributed by atoms with Gasteiger partial charge in [0, 0.05) is 89.0 Å². The molecule has 17 atom stereocenters. The second kappa shape index (κ2) is 37.9. The van der Waals surface area contributed by atoms with Crippen LogP contribution in [0.3, 0.4) is 0 Å². The Morgan fingerprint density at radius 1 is 0.813 bits per heavy atom. The fraction of sp³-hybridized carbons (Fsp3) is 0.788. The van der Waals surface area contributed by atoms with E-state index in [0.717, 1.165) is 35.5 Å². The predicted octanol–water partition coefficient (Wildman–Crippen LogP) is 4.98. The lowest BCUT2D eigenvalue weighted by molar-refractivity contribution is -0.302. The number of thioether (sulfide) groups is 1. The van der Waals surface area contributed by atoms with E-state index in [1.807, 2.05) is 37.8 Å². The zero-order chi connectivity index (χ0) is 66.2. The van der Waals surface area contributed by atoms with E-state index in [1.54, 1.807) is 26.8 Å². The number of nitrogens with zero attached hydrogens (tertiary/aromatic N) is 1. The maximum absolute atomic E-state index is 14.7. The molecule has 0 spiro atoms. The van der Waals surface area contributed by atoms with E-state index in [1.165, 1.54) is 21.3 Å². The van der Waals surface area contributed by atoms with Gasteiger partial charge in [0.1, 0.15) is 30.1 Å². The van der Waals surface area contributed by atoms with E-state index >= 15 is 0 Å². The van der Waals surface area contributed by atoms with E-state index in [4.69, 9.17) is 42.6 Å². The lowest BCUT2D eigenvalue weighted by atomic mass is 9.81. The van der Waals surface area contributed by atoms with E-state index < -0.39 is 95.9 Å². The first-order valence-electron chi connectivity index (χ1n) is 33.0. The summed E-state index contributed by atoms with van der Waals surface area (Å²) in [7, 11) is 4.55. The van der Waals surface area contributed by atoms with Crippen LogP contribution in [0.4, 0.5) is 4.79 Å². The number of cyclic esters (lactones) is 1. The molecular weight excluding hydrogens is 1200 g/mol. The van der Waals surface area contributed by atoms with Crippen LogP contribution in [0.15, 0.2) is 36.0 Å². The van der Waals surface area contributed by atoms with Gasteiger partial charge in [-0.1, -0.05) is 51.0 Å². The molecule has 5 heterocycles. The summed E-state index contributed by atoms with van der Waals surface area (Å²) >= 11 is 1.87. The molecule has 0 aromatic carbocycles. The zero-order valence-electron chi connectivity index (χ0n) is 55.0. The van der Waals surface area contributed by atoms with Crippen molar-refractivity contribution >= 4 is 59.0 Å². The molecule has 5 aliphatic heterocycles. The monoisotopic (exact) mass is 1300 g/mol. The highest BCUT2D eigenvalue weighted by molar-refractivity contribution is 8.00. The van der Waals surface area contributed by atoms with Crippen LogP contribution in [-0.4, -0.2) is 221 Å². The number of hydrogen-bond donors (Lipinski definition) is 6. The molecule has 1 aliphatic carbocycles. The number of Topliss-reactive ketones (excluding diaryl/α,β-unsaturated/α-hetero) is 2. The van der Waals surface area contributed by atoms with E-state index in [0.29, 0.717) is 108 Å². The number of rotatable bonds is 28. The molecular formula is C66H105N5O19S. The van der Waals surface area contributed by atoms with Crippen molar-refractivity contribution in [2.45, 2.75) is 216 Å². The summed E-state index contributed by atoms with van der Waals surface area (Å²) in [5.41, 5.74) is 1.49. The lowest BCUT2D eigenvalue weighted by Gasteiger charge is -2.47.